The number of hydrogen-bond donors (Lipinski definition) is 2. The molecule has 0 unspecified atom stereocenters. The third-order valence-electron chi connectivity index (χ3n) is 4.37. The van der Waals surface area contributed by atoms with Gasteiger partial charge in [0.25, 0.3) is 0 Å². The van der Waals surface area contributed by atoms with Crippen LogP contribution in [0.5, 0.6) is 0 Å². The van der Waals surface area contributed by atoms with E-state index >= 15 is 0 Å². The predicted octanol–water partition coefficient (Wildman–Crippen LogP) is 1.87. The van der Waals surface area contributed by atoms with Crippen LogP contribution in [0.15, 0.2) is 36.7 Å². The summed E-state index contributed by atoms with van der Waals surface area (Å²) < 4.78 is 13.3. The Morgan fingerprint density at radius 3 is 2.65 bits per heavy atom. The van der Waals surface area contributed by atoms with Gasteiger partial charge in [0.2, 0.25) is 5.95 Å². The summed E-state index contributed by atoms with van der Waals surface area (Å²) in [6.07, 6.45) is 3.50. The number of halogens is 1. The average molecular weight is 358 g/mol. The monoisotopic (exact) mass is 358 g/mol. The molecule has 8 heteroatoms. The highest BCUT2D eigenvalue weighted by Crippen LogP contribution is 2.15. The normalized spacial score (nSPS) is 14.9. The Morgan fingerprint density at radius 1 is 1.19 bits per heavy atom. The van der Waals surface area contributed by atoms with E-state index in [4.69, 9.17) is 0 Å². The SMILES string of the molecule is Cc1ccc(F)cc1NC(=O)NCCN1CCN(c2ncccn2)CC1. The number of urea groups is 1. The molecule has 1 saturated heterocycles. The standard InChI is InChI=1S/C18H23FN6O/c1-14-3-4-15(19)13-16(14)23-18(26)22-7-8-24-9-11-25(12-10-24)17-20-5-2-6-21-17/h2-6,13H,7-12H2,1H3,(H2,22,23,26). The van der Waals surface area contributed by atoms with E-state index in [0.717, 1.165) is 44.2 Å². The number of piperazine rings is 1. The van der Waals surface area contributed by atoms with Crippen molar-refractivity contribution in [2.45, 2.75) is 6.92 Å². The molecular formula is C18H23FN6O. The lowest BCUT2D eigenvalue weighted by Gasteiger charge is -2.34. The summed E-state index contributed by atoms with van der Waals surface area (Å²) in [4.78, 5) is 24.9. The van der Waals surface area contributed by atoms with Gasteiger partial charge in [0.15, 0.2) is 0 Å². The van der Waals surface area contributed by atoms with E-state index in [-0.39, 0.29) is 11.8 Å². The minimum atomic E-state index is -0.369. The van der Waals surface area contributed by atoms with Crippen molar-refractivity contribution >= 4 is 17.7 Å². The van der Waals surface area contributed by atoms with Gasteiger partial charge < -0.3 is 15.5 Å². The lowest BCUT2D eigenvalue weighted by molar-refractivity contribution is 0.240. The third kappa shape index (κ3) is 4.89. The second-order valence-electron chi connectivity index (χ2n) is 6.22. The van der Waals surface area contributed by atoms with Gasteiger partial charge in [-0.05, 0) is 30.7 Å². The summed E-state index contributed by atoms with van der Waals surface area (Å²) in [7, 11) is 0. The number of rotatable bonds is 5. The Labute approximate surface area is 152 Å². The van der Waals surface area contributed by atoms with Gasteiger partial charge in [-0.15, -0.1) is 0 Å². The molecule has 26 heavy (non-hydrogen) atoms. The fourth-order valence-electron chi connectivity index (χ4n) is 2.85. The van der Waals surface area contributed by atoms with Crippen LogP contribution in [0.1, 0.15) is 5.56 Å². The Hall–Kier alpha value is -2.74. The zero-order valence-electron chi connectivity index (χ0n) is 14.8. The number of aryl methyl sites for hydroxylation is 1. The molecule has 0 radical (unpaired) electrons. The number of carbonyl (C=O) groups excluding carboxylic acids is 1. The van der Waals surface area contributed by atoms with Crippen molar-refractivity contribution < 1.29 is 9.18 Å². The number of benzene rings is 1. The van der Waals surface area contributed by atoms with Crippen LogP contribution in [0.25, 0.3) is 0 Å². The highest BCUT2D eigenvalue weighted by atomic mass is 19.1. The van der Waals surface area contributed by atoms with Gasteiger partial charge in [0.05, 0.1) is 0 Å². The number of aromatic nitrogens is 2. The molecule has 0 spiro atoms. The topological polar surface area (TPSA) is 73.4 Å². The van der Waals surface area contributed by atoms with E-state index in [2.05, 4.69) is 30.4 Å². The zero-order chi connectivity index (χ0) is 18.4. The molecule has 1 aromatic heterocycles. The number of nitrogens with zero attached hydrogens (tertiary/aromatic N) is 4. The van der Waals surface area contributed by atoms with E-state index in [9.17, 15) is 9.18 Å². The number of anilines is 2. The van der Waals surface area contributed by atoms with Crippen LogP contribution >= 0.6 is 0 Å². The minimum absolute atomic E-state index is 0.324. The van der Waals surface area contributed by atoms with Crippen LogP contribution in [0.3, 0.4) is 0 Å². The molecule has 1 aliphatic rings. The Bertz CT molecular complexity index is 734. The van der Waals surface area contributed by atoms with Crippen molar-refractivity contribution in [2.24, 2.45) is 0 Å². The van der Waals surface area contributed by atoms with Crippen LogP contribution < -0.4 is 15.5 Å². The summed E-state index contributed by atoms with van der Waals surface area (Å²) in [5.74, 6) is 0.390. The quantitative estimate of drug-likeness (QED) is 0.854. The van der Waals surface area contributed by atoms with Crippen molar-refractivity contribution in [2.75, 3.05) is 49.5 Å². The maximum absolute atomic E-state index is 13.3. The van der Waals surface area contributed by atoms with E-state index in [1.165, 1.54) is 12.1 Å². The summed E-state index contributed by atoms with van der Waals surface area (Å²) >= 11 is 0. The molecule has 1 fully saturated rings. The minimum Gasteiger partial charge on any atom is -0.338 e. The molecule has 0 saturated carbocycles. The van der Waals surface area contributed by atoms with Gasteiger partial charge in [-0.1, -0.05) is 6.07 Å². The molecule has 2 N–H and O–H groups in total. The fraction of sp³-hybridized carbons (Fsp3) is 0.389. The Kier molecular flexibility index (Phi) is 5.96. The highest BCUT2D eigenvalue weighted by molar-refractivity contribution is 5.90. The summed E-state index contributed by atoms with van der Waals surface area (Å²) in [5, 5.41) is 5.50. The molecule has 2 amide bonds. The highest BCUT2D eigenvalue weighted by Gasteiger charge is 2.18. The third-order valence-corrected chi connectivity index (χ3v) is 4.37. The van der Waals surface area contributed by atoms with Gasteiger partial charge in [0.1, 0.15) is 5.82 Å². The van der Waals surface area contributed by atoms with E-state index < -0.39 is 0 Å². The molecule has 138 valence electrons. The number of nitrogens with one attached hydrogen (secondary N) is 2. The Balaban J connectivity index is 1.38. The van der Waals surface area contributed by atoms with Gasteiger partial charge in [-0.3, -0.25) is 4.90 Å². The summed E-state index contributed by atoms with van der Waals surface area (Å²) in [5.41, 5.74) is 1.31. The molecule has 3 rings (SSSR count). The van der Waals surface area contributed by atoms with Gasteiger partial charge >= 0.3 is 6.03 Å². The first kappa shape index (κ1) is 18.1. The van der Waals surface area contributed by atoms with Crippen molar-refractivity contribution in [1.82, 2.24) is 20.2 Å². The van der Waals surface area contributed by atoms with Gasteiger partial charge in [-0.2, -0.15) is 0 Å². The molecular weight excluding hydrogens is 335 g/mol. The van der Waals surface area contributed by atoms with Crippen LogP contribution in [-0.2, 0) is 0 Å². The van der Waals surface area contributed by atoms with E-state index in [0.29, 0.717) is 12.2 Å². The fourth-order valence-corrected chi connectivity index (χ4v) is 2.85. The molecule has 2 aromatic rings. The first-order chi connectivity index (χ1) is 12.6. The Morgan fingerprint density at radius 2 is 1.92 bits per heavy atom. The predicted molar refractivity (Wildman–Crippen MR) is 98.8 cm³/mol. The van der Waals surface area contributed by atoms with E-state index in [1.54, 1.807) is 18.5 Å². The number of carbonyl (C=O) groups is 1. The lowest BCUT2D eigenvalue weighted by atomic mass is 10.2. The summed E-state index contributed by atoms with van der Waals surface area (Å²) in [6, 6.07) is 5.82. The molecule has 7 nitrogen and oxygen atoms in total. The van der Waals surface area contributed by atoms with Gasteiger partial charge in [-0.25, -0.2) is 19.2 Å². The number of amides is 2. The first-order valence-electron chi connectivity index (χ1n) is 8.67. The van der Waals surface area contributed by atoms with Crippen LogP contribution in [0, 0.1) is 12.7 Å². The van der Waals surface area contributed by atoms with Crippen LogP contribution in [0.4, 0.5) is 20.8 Å². The van der Waals surface area contributed by atoms with Crippen molar-refractivity contribution in [1.29, 1.82) is 0 Å². The molecule has 0 bridgehead atoms. The second-order valence-corrected chi connectivity index (χ2v) is 6.22. The number of hydrogen-bond acceptors (Lipinski definition) is 5. The molecule has 2 heterocycles. The average Bonchev–Trinajstić information content (AvgIpc) is 2.66. The van der Waals surface area contributed by atoms with Crippen molar-refractivity contribution in [3.63, 3.8) is 0 Å². The molecule has 1 aromatic carbocycles. The molecule has 0 atom stereocenters. The molecule has 1 aliphatic heterocycles. The van der Waals surface area contributed by atoms with E-state index in [1.807, 2.05) is 13.0 Å². The zero-order valence-corrected chi connectivity index (χ0v) is 14.8. The second kappa shape index (κ2) is 8.57. The summed E-state index contributed by atoms with van der Waals surface area (Å²) in [6.45, 7) is 6.62. The molecule has 0 aliphatic carbocycles. The first-order valence-corrected chi connectivity index (χ1v) is 8.67. The van der Waals surface area contributed by atoms with Gasteiger partial charge in [0, 0.05) is 57.3 Å². The smallest absolute Gasteiger partial charge is 0.319 e. The maximum Gasteiger partial charge on any atom is 0.319 e. The van der Waals surface area contributed by atoms with Crippen LogP contribution in [0.2, 0.25) is 0 Å². The van der Waals surface area contributed by atoms with Crippen molar-refractivity contribution in [3.8, 4) is 0 Å². The van der Waals surface area contributed by atoms with Crippen molar-refractivity contribution in [3.05, 3.63) is 48.0 Å². The maximum atomic E-state index is 13.3. The van der Waals surface area contributed by atoms with Crippen LogP contribution in [-0.4, -0.2) is 60.2 Å². The lowest BCUT2D eigenvalue weighted by Crippen LogP contribution is -2.49. The largest absolute Gasteiger partial charge is 0.338 e.